The molecule has 29 heavy (non-hydrogen) atoms. The van der Waals surface area contributed by atoms with Crippen molar-refractivity contribution < 1.29 is 23.9 Å². The van der Waals surface area contributed by atoms with Crippen LogP contribution in [0.25, 0.3) is 0 Å². The lowest BCUT2D eigenvalue weighted by Gasteiger charge is -2.27. The summed E-state index contributed by atoms with van der Waals surface area (Å²) in [4.78, 5) is 50.3. The average molecular weight is 431 g/mol. The Morgan fingerprint density at radius 1 is 1.28 bits per heavy atom. The van der Waals surface area contributed by atoms with Crippen molar-refractivity contribution in [1.82, 2.24) is 10.2 Å². The Morgan fingerprint density at radius 2 is 2.00 bits per heavy atom. The quantitative estimate of drug-likeness (QED) is 0.293. The molecule has 10 heteroatoms. The van der Waals surface area contributed by atoms with Crippen LogP contribution in [-0.2, 0) is 23.9 Å². The third kappa shape index (κ3) is 8.71. The first-order chi connectivity index (χ1) is 13.8. The van der Waals surface area contributed by atoms with Gasteiger partial charge in [0.2, 0.25) is 16.9 Å². The fourth-order valence-corrected chi connectivity index (χ4v) is 3.89. The van der Waals surface area contributed by atoms with Gasteiger partial charge in [-0.25, -0.2) is 0 Å². The number of amides is 2. The topological polar surface area (TPSA) is 145 Å². The summed E-state index contributed by atoms with van der Waals surface area (Å²) in [6, 6.07) is -1.97. The Hall–Kier alpha value is -1.65. The molecule has 1 heterocycles. The third-order valence-electron chi connectivity index (χ3n) is 4.69. The zero-order valence-corrected chi connectivity index (χ0v) is 18.2. The van der Waals surface area contributed by atoms with Crippen molar-refractivity contribution in [3.8, 4) is 0 Å². The number of nitrogens with zero attached hydrogens (tertiary/aromatic N) is 1. The van der Waals surface area contributed by atoms with Crippen molar-refractivity contribution in [2.75, 3.05) is 25.4 Å². The van der Waals surface area contributed by atoms with Gasteiger partial charge in [0.1, 0.15) is 6.04 Å². The molecule has 0 spiro atoms. The number of esters is 1. The molecule has 1 aliphatic heterocycles. The third-order valence-corrected chi connectivity index (χ3v) is 5.74. The molecule has 3 atom stereocenters. The largest absolute Gasteiger partial charge is 0.466 e. The second kappa shape index (κ2) is 13.6. The zero-order chi connectivity index (χ0) is 21.8. The molecule has 0 aromatic heterocycles. The first-order valence-electron chi connectivity index (χ1n) is 10.2. The summed E-state index contributed by atoms with van der Waals surface area (Å²) in [7, 11) is 0. The molecule has 0 bridgehead atoms. The first-order valence-corrected chi connectivity index (χ1v) is 11.2. The predicted octanol–water partition coefficient (Wildman–Crippen LogP) is 0.151. The van der Waals surface area contributed by atoms with Gasteiger partial charge >= 0.3 is 5.97 Å². The number of unbranched alkanes of at least 4 members (excludes halogenated alkanes) is 1. The van der Waals surface area contributed by atoms with Crippen LogP contribution in [-0.4, -0.2) is 71.4 Å². The van der Waals surface area contributed by atoms with Crippen LogP contribution < -0.4 is 16.8 Å². The number of hydrogen-bond donors (Lipinski definition) is 3. The molecule has 166 valence electrons. The van der Waals surface area contributed by atoms with E-state index in [2.05, 4.69) is 5.32 Å². The molecule has 0 radical (unpaired) electrons. The highest BCUT2D eigenvalue weighted by atomic mass is 32.2. The van der Waals surface area contributed by atoms with Gasteiger partial charge in [-0.2, -0.15) is 0 Å². The Bertz CT molecular complexity index is 575. The van der Waals surface area contributed by atoms with E-state index in [0.29, 0.717) is 38.3 Å². The fraction of sp³-hybridized carbons (Fsp3) is 0.789. The highest BCUT2D eigenvalue weighted by Crippen LogP contribution is 2.20. The number of ether oxygens (including phenoxy) is 1. The lowest BCUT2D eigenvalue weighted by atomic mass is 10.1. The minimum absolute atomic E-state index is 0.137. The maximum Gasteiger partial charge on any atom is 0.306 e. The van der Waals surface area contributed by atoms with Gasteiger partial charge in [0.15, 0.2) is 0 Å². The molecule has 9 nitrogen and oxygen atoms in total. The van der Waals surface area contributed by atoms with Crippen molar-refractivity contribution in [1.29, 1.82) is 0 Å². The summed E-state index contributed by atoms with van der Waals surface area (Å²) in [5, 5.41) is 2.45. The molecule has 1 fully saturated rings. The van der Waals surface area contributed by atoms with Crippen molar-refractivity contribution in [3.05, 3.63) is 0 Å². The van der Waals surface area contributed by atoms with E-state index < -0.39 is 18.1 Å². The average Bonchev–Trinajstić information content (AvgIpc) is 3.17. The van der Waals surface area contributed by atoms with Crippen molar-refractivity contribution in [3.63, 3.8) is 0 Å². The van der Waals surface area contributed by atoms with Crippen LogP contribution in [0.3, 0.4) is 0 Å². The van der Waals surface area contributed by atoms with E-state index in [9.17, 15) is 19.2 Å². The number of nitrogens with one attached hydrogen (secondary N) is 1. The summed E-state index contributed by atoms with van der Waals surface area (Å²) in [5.41, 5.74) is 11.5. The van der Waals surface area contributed by atoms with E-state index in [1.165, 1.54) is 4.90 Å². The zero-order valence-electron chi connectivity index (χ0n) is 17.4. The molecular weight excluding hydrogens is 396 g/mol. The molecule has 2 amide bonds. The minimum Gasteiger partial charge on any atom is -0.466 e. The number of likely N-dealkylation sites (tertiary alicyclic amines) is 1. The Kier molecular flexibility index (Phi) is 11.9. The number of hydrogen-bond acceptors (Lipinski definition) is 8. The maximum absolute atomic E-state index is 12.6. The normalized spacial score (nSPS) is 18.2. The second-order valence-electron chi connectivity index (χ2n) is 7.03. The van der Waals surface area contributed by atoms with E-state index in [0.717, 1.165) is 31.0 Å². The fourth-order valence-electron chi connectivity index (χ4n) is 3.11. The molecule has 5 N–H and O–H groups in total. The smallest absolute Gasteiger partial charge is 0.306 e. The molecule has 0 aromatic rings. The molecule has 1 saturated heterocycles. The molecule has 1 aliphatic rings. The first kappa shape index (κ1) is 25.4. The molecule has 1 rings (SSSR count). The summed E-state index contributed by atoms with van der Waals surface area (Å²) >= 11 is 0.981. The van der Waals surface area contributed by atoms with Crippen LogP contribution in [0.4, 0.5) is 0 Å². The standard InChI is InChI=1S/C19H34N4O5S/c1-3-28-16(24)9-12-29-19(27)13(2)22-17(25)15-8-6-11-23(15)18(26)14(21)7-4-5-10-20/h13-15H,3-12,20-21H2,1-2H3,(H,22,25)/t13-,14-,15-/m0/s1. The number of carbonyl (C=O) groups excluding carboxylic acids is 4. The monoisotopic (exact) mass is 430 g/mol. The van der Waals surface area contributed by atoms with Gasteiger partial charge in [-0.15, -0.1) is 0 Å². The Labute approximate surface area is 176 Å². The summed E-state index contributed by atoms with van der Waals surface area (Å²) in [6.45, 7) is 4.66. The summed E-state index contributed by atoms with van der Waals surface area (Å²) < 4.78 is 4.81. The predicted molar refractivity (Wildman–Crippen MR) is 112 cm³/mol. The number of rotatable bonds is 12. The van der Waals surface area contributed by atoms with Crippen LogP contribution in [0.1, 0.15) is 52.4 Å². The maximum atomic E-state index is 12.6. The van der Waals surface area contributed by atoms with E-state index >= 15 is 0 Å². The van der Waals surface area contributed by atoms with Gasteiger partial charge in [-0.05, 0) is 46.1 Å². The van der Waals surface area contributed by atoms with Crippen LogP contribution in [0.5, 0.6) is 0 Å². The number of nitrogens with two attached hydrogens (primary N) is 2. The van der Waals surface area contributed by atoms with Crippen LogP contribution in [0.15, 0.2) is 0 Å². The van der Waals surface area contributed by atoms with E-state index in [1.54, 1.807) is 13.8 Å². The van der Waals surface area contributed by atoms with Crippen LogP contribution >= 0.6 is 11.8 Å². The second-order valence-corrected chi connectivity index (χ2v) is 8.13. The Balaban J connectivity index is 2.49. The summed E-state index contributed by atoms with van der Waals surface area (Å²) in [5.74, 6) is -0.643. The molecule has 0 aromatic carbocycles. The molecule has 0 unspecified atom stereocenters. The number of carbonyl (C=O) groups is 4. The van der Waals surface area contributed by atoms with Gasteiger partial charge in [0, 0.05) is 12.3 Å². The Morgan fingerprint density at radius 3 is 2.66 bits per heavy atom. The number of thioether (sulfide) groups is 1. The van der Waals surface area contributed by atoms with Crippen molar-refractivity contribution in [2.24, 2.45) is 11.5 Å². The van der Waals surface area contributed by atoms with Gasteiger partial charge in [-0.3, -0.25) is 19.2 Å². The lowest BCUT2D eigenvalue weighted by molar-refractivity contribution is -0.142. The van der Waals surface area contributed by atoms with Gasteiger partial charge in [-0.1, -0.05) is 18.2 Å². The highest BCUT2D eigenvalue weighted by Gasteiger charge is 2.36. The van der Waals surface area contributed by atoms with Gasteiger partial charge < -0.3 is 26.4 Å². The van der Waals surface area contributed by atoms with Crippen molar-refractivity contribution in [2.45, 2.75) is 70.5 Å². The van der Waals surface area contributed by atoms with Crippen molar-refractivity contribution >= 4 is 34.7 Å². The summed E-state index contributed by atoms with van der Waals surface area (Å²) in [6.07, 6.45) is 3.51. The van der Waals surface area contributed by atoms with Gasteiger partial charge in [0.05, 0.1) is 25.1 Å². The molecular formula is C19H34N4O5S. The highest BCUT2D eigenvalue weighted by molar-refractivity contribution is 8.13. The van der Waals surface area contributed by atoms with Crippen LogP contribution in [0.2, 0.25) is 0 Å². The lowest BCUT2D eigenvalue weighted by Crippen LogP contribution is -2.53. The van der Waals surface area contributed by atoms with E-state index in [1.807, 2.05) is 0 Å². The SMILES string of the molecule is CCOC(=O)CCSC(=O)[C@H](C)NC(=O)[C@@H]1CCCN1C(=O)[C@@H](N)CCCCN. The minimum atomic E-state index is -0.717. The van der Waals surface area contributed by atoms with Crippen LogP contribution in [0, 0.1) is 0 Å². The van der Waals surface area contributed by atoms with E-state index in [4.69, 9.17) is 16.2 Å². The van der Waals surface area contributed by atoms with E-state index in [-0.39, 0.29) is 29.3 Å². The van der Waals surface area contributed by atoms with Gasteiger partial charge in [0.25, 0.3) is 0 Å². The molecule has 0 aliphatic carbocycles. The molecule has 0 saturated carbocycles.